The normalized spacial score (nSPS) is 17.7. The Morgan fingerprint density at radius 3 is 2.39 bits per heavy atom. The van der Waals surface area contributed by atoms with E-state index in [1.54, 1.807) is 0 Å². The van der Waals surface area contributed by atoms with Gasteiger partial charge < -0.3 is 10.4 Å². The average Bonchev–Trinajstić information content (AvgIpc) is 3.07. The largest absolute Gasteiger partial charge is 0.392 e. The summed E-state index contributed by atoms with van der Waals surface area (Å²) in [6.07, 6.45) is -0.477. The second kappa shape index (κ2) is 7.70. The van der Waals surface area contributed by atoms with Crippen molar-refractivity contribution in [3.05, 3.63) is 58.4 Å². The Balaban J connectivity index is 1.90. The lowest BCUT2D eigenvalue weighted by Gasteiger charge is -2.16. The van der Waals surface area contributed by atoms with Crippen molar-refractivity contribution >= 4 is 33.2 Å². The lowest BCUT2D eigenvalue weighted by atomic mass is 10.2. The molecule has 28 heavy (non-hydrogen) atoms. The molecule has 1 unspecified atom stereocenters. The number of anilines is 1. The predicted molar refractivity (Wildman–Crippen MR) is 95.1 cm³/mol. The Labute approximate surface area is 163 Å². The molecule has 1 aliphatic rings. The highest BCUT2D eigenvalue weighted by molar-refractivity contribution is 7.89. The van der Waals surface area contributed by atoms with E-state index < -0.39 is 39.5 Å². The average molecular weight is 435 g/mol. The number of amides is 1. The first kappa shape index (κ1) is 20.6. The Bertz CT molecular complexity index is 1030. The van der Waals surface area contributed by atoms with Crippen LogP contribution in [-0.4, -0.2) is 42.9 Å². The second-order valence-corrected chi connectivity index (χ2v) is 8.50. The molecule has 1 aliphatic heterocycles. The summed E-state index contributed by atoms with van der Waals surface area (Å²) >= 11 is 5.96. The van der Waals surface area contributed by atoms with Crippen LogP contribution in [-0.2, 0) is 10.0 Å². The third-order valence-corrected chi connectivity index (χ3v) is 6.38. The maximum absolute atomic E-state index is 13.3. The lowest BCUT2D eigenvalue weighted by Crippen LogP contribution is -2.30. The van der Waals surface area contributed by atoms with Crippen LogP contribution in [0.15, 0.2) is 35.2 Å². The molecule has 1 atom stereocenters. The van der Waals surface area contributed by atoms with Gasteiger partial charge in [0.05, 0.1) is 21.6 Å². The molecule has 2 aromatic carbocycles. The van der Waals surface area contributed by atoms with Gasteiger partial charge in [-0.1, -0.05) is 11.6 Å². The van der Waals surface area contributed by atoms with Gasteiger partial charge in [0.2, 0.25) is 10.0 Å². The molecule has 2 aromatic rings. The number of carbonyl (C=O) groups is 1. The van der Waals surface area contributed by atoms with Crippen molar-refractivity contribution in [3.63, 3.8) is 0 Å². The molecule has 0 saturated carbocycles. The zero-order valence-electron chi connectivity index (χ0n) is 14.1. The van der Waals surface area contributed by atoms with E-state index in [2.05, 4.69) is 5.32 Å². The summed E-state index contributed by atoms with van der Waals surface area (Å²) in [5, 5.41) is 11.6. The number of carbonyl (C=O) groups excluding carboxylic acids is 1. The Morgan fingerprint density at radius 1 is 1.18 bits per heavy atom. The van der Waals surface area contributed by atoms with Crippen molar-refractivity contribution in [2.75, 3.05) is 18.4 Å². The number of aliphatic hydroxyl groups is 1. The van der Waals surface area contributed by atoms with Gasteiger partial charge >= 0.3 is 0 Å². The van der Waals surface area contributed by atoms with Crippen LogP contribution < -0.4 is 5.32 Å². The standard InChI is InChI=1S/C17H14ClF3N2O4S/c18-13-2-1-11(28(26,27)23-4-3-10(24)8-23)7-12(13)17(25)22-9-5-14(19)16(21)15(20)6-9/h1-2,5-7,10,24H,3-4,8H2,(H,22,25). The molecule has 150 valence electrons. The topological polar surface area (TPSA) is 86.7 Å². The fourth-order valence-electron chi connectivity index (χ4n) is 2.74. The van der Waals surface area contributed by atoms with Crippen LogP contribution in [0, 0.1) is 17.5 Å². The molecular formula is C17H14ClF3N2O4S. The van der Waals surface area contributed by atoms with Gasteiger partial charge in [0, 0.05) is 30.9 Å². The molecule has 1 fully saturated rings. The molecule has 6 nitrogen and oxygen atoms in total. The summed E-state index contributed by atoms with van der Waals surface area (Å²) in [7, 11) is -3.97. The number of halogens is 4. The molecular weight excluding hydrogens is 421 g/mol. The number of hydrogen-bond donors (Lipinski definition) is 2. The van der Waals surface area contributed by atoms with Crippen LogP contribution >= 0.6 is 11.6 Å². The molecule has 11 heteroatoms. The summed E-state index contributed by atoms with van der Waals surface area (Å²) in [5.74, 6) is -5.61. The van der Waals surface area contributed by atoms with E-state index in [4.69, 9.17) is 11.6 Å². The van der Waals surface area contributed by atoms with Gasteiger partial charge in [0.1, 0.15) is 0 Å². The van der Waals surface area contributed by atoms with E-state index in [0.29, 0.717) is 18.6 Å². The van der Waals surface area contributed by atoms with Crippen LogP contribution in [0.5, 0.6) is 0 Å². The van der Waals surface area contributed by atoms with Gasteiger partial charge in [-0.3, -0.25) is 4.79 Å². The summed E-state index contributed by atoms with van der Waals surface area (Å²) < 4.78 is 66.0. The van der Waals surface area contributed by atoms with Crippen LogP contribution in [0.3, 0.4) is 0 Å². The molecule has 0 spiro atoms. The van der Waals surface area contributed by atoms with Gasteiger partial charge in [-0.15, -0.1) is 0 Å². The highest BCUT2D eigenvalue weighted by atomic mass is 35.5. The van der Waals surface area contributed by atoms with Crippen molar-refractivity contribution in [3.8, 4) is 0 Å². The third-order valence-electron chi connectivity index (χ3n) is 4.19. The van der Waals surface area contributed by atoms with Gasteiger partial charge in [-0.2, -0.15) is 4.31 Å². The van der Waals surface area contributed by atoms with Gasteiger partial charge in [-0.05, 0) is 24.6 Å². The molecule has 3 rings (SSSR count). The first-order chi connectivity index (χ1) is 13.1. The maximum atomic E-state index is 13.3. The number of hydrogen-bond acceptors (Lipinski definition) is 4. The molecule has 1 saturated heterocycles. The first-order valence-electron chi connectivity index (χ1n) is 8.03. The number of nitrogens with one attached hydrogen (secondary N) is 1. The number of β-amino-alcohol motifs (C(OH)–C–C–N with tert-alkyl or cyclic N) is 1. The number of benzene rings is 2. The van der Waals surface area contributed by atoms with Crippen molar-refractivity contribution in [1.82, 2.24) is 4.31 Å². The minimum Gasteiger partial charge on any atom is -0.392 e. The second-order valence-electron chi connectivity index (χ2n) is 6.16. The van der Waals surface area contributed by atoms with Crippen molar-refractivity contribution in [1.29, 1.82) is 0 Å². The predicted octanol–water partition coefficient (Wildman–Crippen LogP) is 2.76. The maximum Gasteiger partial charge on any atom is 0.257 e. The highest BCUT2D eigenvalue weighted by Crippen LogP contribution is 2.26. The van der Waals surface area contributed by atoms with Gasteiger partial charge in [-0.25, -0.2) is 21.6 Å². The molecule has 0 aromatic heterocycles. The number of sulfonamides is 1. The van der Waals surface area contributed by atoms with Crippen molar-refractivity contribution in [2.45, 2.75) is 17.4 Å². The summed E-state index contributed by atoms with van der Waals surface area (Å²) in [6.45, 7) is 0.0579. The minimum absolute atomic E-state index is 0.0688. The summed E-state index contributed by atoms with van der Waals surface area (Å²) in [6, 6.07) is 4.58. The van der Waals surface area contributed by atoms with Gasteiger partial charge in [0.15, 0.2) is 17.5 Å². The molecule has 0 radical (unpaired) electrons. The van der Waals surface area contributed by atoms with Crippen LogP contribution in [0.1, 0.15) is 16.8 Å². The van der Waals surface area contributed by atoms with Crippen molar-refractivity contribution < 1.29 is 31.5 Å². The van der Waals surface area contributed by atoms with Crippen LogP contribution in [0.4, 0.5) is 18.9 Å². The number of nitrogens with zero attached hydrogens (tertiary/aromatic N) is 1. The Hall–Kier alpha value is -2.14. The molecule has 0 aliphatic carbocycles. The monoisotopic (exact) mass is 434 g/mol. The first-order valence-corrected chi connectivity index (χ1v) is 9.85. The molecule has 1 amide bonds. The van der Waals surface area contributed by atoms with Crippen molar-refractivity contribution in [2.24, 2.45) is 0 Å². The van der Waals surface area contributed by atoms with E-state index in [0.717, 1.165) is 10.4 Å². The SMILES string of the molecule is O=C(Nc1cc(F)c(F)c(F)c1)c1cc(S(=O)(=O)N2CCC(O)C2)ccc1Cl. The Kier molecular flexibility index (Phi) is 5.67. The smallest absolute Gasteiger partial charge is 0.257 e. The van der Waals surface area contributed by atoms with Crippen LogP contribution in [0.25, 0.3) is 0 Å². The molecule has 0 bridgehead atoms. The fraction of sp³-hybridized carbons (Fsp3) is 0.235. The van der Waals surface area contributed by atoms with E-state index in [9.17, 15) is 31.5 Å². The van der Waals surface area contributed by atoms with Crippen LogP contribution in [0.2, 0.25) is 5.02 Å². The summed E-state index contributed by atoms with van der Waals surface area (Å²) in [5.41, 5.74) is -0.624. The number of aliphatic hydroxyl groups excluding tert-OH is 1. The molecule has 1 heterocycles. The summed E-state index contributed by atoms with van der Waals surface area (Å²) in [4.78, 5) is 12.2. The minimum atomic E-state index is -3.97. The van der Waals surface area contributed by atoms with E-state index in [-0.39, 0.29) is 34.3 Å². The van der Waals surface area contributed by atoms with E-state index >= 15 is 0 Å². The van der Waals surface area contributed by atoms with E-state index in [1.165, 1.54) is 12.1 Å². The zero-order chi connectivity index (χ0) is 20.6. The molecule has 2 N–H and O–H groups in total. The lowest BCUT2D eigenvalue weighted by molar-refractivity contribution is 0.102. The number of rotatable bonds is 4. The van der Waals surface area contributed by atoms with E-state index in [1.807, 2.05) is 0 Å². The highest BCUT2D eigenvalue weighted by Gasteiger charge is 2.32. The fourth-order valence-corrected chi connectivity index (χ4v) is 4.47. The Morgan fingerprint density at radius 2 is 1.82 bits per heavy atom. The van der Waals surface area contributed by atoms with Gasteiger partial charge in [0.25, 0.3) is 5.91 Å². The zero-order valence-corrected chi connectivity index (χ0v) is 15.7. The quantitative estimate of drug-likeness (QED) is 0.724. The third kappa shape index (κ3) is 4.00.